The smallest absolute Gasteiger partial charge is 0.194 e. The lowest BCUT2D eigenvalue weighted by Crippen LogP contribution is -2.22. The van der Waals surface area contributed by atoms with E-state index >= 15 is 0 Å². The van der Waals surface area contributed by atoms with Crippen molar-refractivity contribution in [3.8, 4) is 5.75 Å². The molecule has 4 heteroatoms. The summed E-state index contributed by atoms with van der Waals surface area (Å²) in [5.74, 6) is 0.557. The largest absolute Gasteiger partial charge is 0.488 e. The third-order valence-electron chi connectivity index (χ3n) is 2.71. The second kappa shape index (κ2) is 6.08. The first-order valence-corrected chi connectivity index (χ1v) is 7.31. The van der Waals surface area contributed by atoms with E-state index in [1.54, 1.807) is 42.5 Å². The first-order valence-electron chi connectivity index (χ1n) is 6.55. The highest BCUT2D eigenvalue weighted by Gasteiger charge is 2.15. The molecular weight excluding hydrogens is 307 g/mol. The van der Waals surface area contributed by atoms with E-state index in [1.165, 1.54) is 0 Å². The molecular formula is C17H16Cl2O2. The van der Waals surface area contributed by atoms with Gasteiger partial charge in [-0.1, -0.05) is 23.2 Å². The molecule has 2 nitrogen and oxygen atoms in total. The van der Waals surface area contributed by atoms with Gasteiger partial charge in [-0.15, -0.1) is 0 Å². The molecule has 0 aliphatic rings. The van der Waals surface area contributed by atoms with Crippen molar-refractivity contribution in [3.63, 3.8) is 0 Å². The molecule has 2 aromatic carbocycles. The van der Waals surface area contributed by atoms with Crippen LogP contribution >= 0.6 is 23.2 Å². The number of hydrogen-bond acceptors (Lipinski definition) is 2. The van der Waals surface area contributed by atoms with Crippen LogP contribution in [0.2, 0.25) is 10.0 Å². The lowest BCUT2D eigenvalue weighted by Gasteiger charge is -2.21. The van der Waals surface area contributed by atoms with Gasteiger partial charge in [-0.2, -0.15) is 0 Å². The molecule has 0 aliphatic carbocycles. The molecule has 0 radical (unpaired) electrons. The summed E-state index contributed by atoms with van der Waals surface area (Å²) in [6, 6.07) is 11.8. The first-order chi connectivity index (χ1) is 9.76. The highest BCUT2D eigenvalue weighted by Crippen LogP contribution is 2.25. The van der Waals surface area contributed by atoms with E-state index in [4.69, 9.17) is 27.9 Å². The molecule has 0 saturated carbocycles. The van der Waals surface area contributed by atoms with E-state index in [-0.39, 0.29) is 11.4 Å². The van der Waals surface area contributed by atoms with Crippen LogP contribution in [0.25, 0.3) is 0 Å². The zero-order valence-corrected chi connectivity index (χ0v) is 13.6. The number of carbonyl (C=O) groups is 1. The van der Waals surface area contributed by atoms with Gasteiger partial charge in [-0.25, -0.2) is 0 Å². The topological polar surface area (TPSA) is 26.3 Å². The van der Waals surface area contributed by atoms with Crippen LogP contribution in [0.5, 0.6) is 5.75 Å². The zero-order valence-electron chi connectivity index (χ0n) is 12.1. The van der Waals surface area contributed by atoms with Crippen LogP contribution in [0.15, 0.2) is 42.5 Å². The van der Waals surface area contributed by atoms with Crippen molar-refractivity contribution in [3.05, 3.63) is 63.6 Å². The van der Waals surface area contributed by atoms with E-state index in [9.17, 15) is 4.79 Å². The third kappa shape index (κ3) is 4.23. The number of benzene rings is 2. The molecule has 0 atom stereocenters. The predicted molar refractivity (Wildman–Crippen MR) is 86.7 cm³/mol. The van der Waals surface area contributed by atoms with Gasteiger partial charge in [0.2, 0.25) is 0 Å². The monoisotopic (exact) mass is 322 g/mol. The van der Waals surface area contributed by atoms with Crippen LogP contribution in [0.4, 0.5) is 0 Å². The third-order valence-corrected chi connectivity index (χ3v) is 3.28. The highest BCUT2D eigenvalue weighted by molar-refractivity contribution is 6.36. The van der Waals surface area contributed by atoms with E-state index in [0.29, 0.717) is 21.2 Å². The number of rotatable bonds is 3. The Labute approximate surface area is 134 Å². The Hall–Kier alpha value is -1.51. The molecule has 0 bridgehead atoms. The lowest BCUT2D eigenvalue weighted by atomic mass is 10.0. The second-order valence-corrected chi connectivity index (χ2v) is 6.54. The standard InChI is InChI=1S/C17H16Cl2O2/c1-17(2,3)21-13-7-4-11(5-8-13)16(20)14-10-12(18)6-9-15(14)19/h4-10H,1-3H3. The predicted octanol–water partition coefficient (Wildman–Crippen LogP) is 5.40. The van der Waals surface area contributed by atoms with Gasteiger partial charge in [-0.3, -0.25) is 4.79 Å². The molecule has 0 aromatic heterocycles. The van der Waals surface area contributed by atoms with E-state index in [2.05, 4.69) is 0 Å². The number of ketones is 1. The maximum absolute atomic E-state index is 12.4. The number of halogens is 2. The van der Waals surface area contributed by atoms with Crippen molar-refractivity contribution in [1.29, 1.82) is 0 Å². The fraction of sp³-hybridized carbons (Fsp3) is 0.235. The molecule has 110 valence electrons. The zero-order chi connectivity index (χ0) is 15.6. The van der Waals surface area contributed by atoms with E-state index < -0.39 is 0 Å². The minimum atomic E-state index is -0.276. The average Bonchev–Trinajstić information content (AvgIpc) is 2.40. The van der Waals surface area contributed by atoms with Gasteiger partial charge < -0.3 is 4.74 Å². The molecule has 0 heterocycles. The van der Waals surface area contributed by atoms with Gasteiger partial charge >= 0.3 is 0 Å². The molecule has 0 spiro atoms. The molecule has 21 heavy (non-hydrogen) atoms. The summed E-state index contributed by atoms with van der Waals surface area (Å²) in [6.07, 6.45) is 0. The molecule has 0 fully saturated rings. The van der Waals surface area contributed by atoms with Crippen LogP contribution < -0.4 is 4.74 Å². The quantitative estimate of drug-likeness (QED) is 0.707. The van der Waals surface area contributed by atoms with Crippen molar-refractivity contribution in [2.24, 2.45) is 0 Å². The summed E-state index contributed by atoms with van der Waals surface area (Å²) >= 11 is 12.0. The summed E-state index contributed by atoms with van der Waals surface area (Å²) in [5, 5.41) is 0.870. The van der Waals surface area contributed by atoms with Crippen molar-refractivity contribution < 1.29 is 9.53 Å². The van der Waals surface area contributed by atoms with Gasteiger partial charge in [0.15, 0.2) is 5.78 Å². The Morgan fingerprint density at radius 3 is 2.19 bits per heavy atom. The van der Waals surface area contributed by atoms with E-state index in [1.807, 2.05) is 20.8 Å². The molecule has 0 aliphatic heterocycles. The van der Waals surface area contributed by atoms with E-state index in [0.717, 1.165) is 5.75 Å². The maximum atomic E-state index is 12.4. The van der Waals surface area contributed by atoms with Gasteiger partial charge in [0.05, 0.1) is 5.02 Å². The number of ether oxygens (including phenoxy) is 1. The highest BCUT2D eigenvalue weighted by atomic mass is 35.5. The van der Waals surface area contributed by atoms with Crippen molar-refractivity contribution >= 4 is 29.0 Å². The molecule has 2 rings (SSSR count). The average molecular weight is 323 g/mol. The van der Waals surface area contributed by atoms with Gasteiger partial charge in [-0.05, 0) is 63.2 Å². The summed E-state index contributed by atoms with van der Waals surface area (Å²) in [7, 11) is 0. The minimum Gasteiger partial charge on any atom is -0.488 e. The number of carbonyl (C=O) groups excluding carboxylic acids is 1. The molecule has 0 unspecified atom stereocenters. The Morgan fingerprint density at radius 1 is 1.00 bits per heavy atom. The SMILES string of the molecule is CC(C)(C)Oc1ccc(C(=O)c2cc(Cl)ccc2Cl)cc1. The minimum absolute atomic E-state index is 0.162. The fourth-order valence-corrected chi connectivity index (χ4v) is 2.23. The Morgan fingerprint density at radius 2 is 1.62 bits per heavy atom. The second-order valence-electron chi connectivity index (χ2n) is 5.69. The normalized spacial score (nSPS) is 11.3. The molecule has 2 aromatic rings. The Balaban J connectivity index is 2.26. The molecule has 0 saturated heterocycles. The summed E-state index contributed by atoms with van der Waals surface area (Å²) in [4.78, 5) is 12.4. The summed E-state index contributed by atoms with van der Waals surface area (Å²) < 4.78 is 5.73. The first kappa shape index (κ1) is 15.9. The van der Waals surface area contributed by atoms with Crippen LogP contribution in [-0.4, -0.2) is 11.4 Å². The summed E-state index contributed by atoms with van der Waals surface area (Å²) in [5.41, 5.74) is 0.663. The van der Waals surface area contributed by atoms with Crippen LogP contribution in [-0.2, 0) is 0 Å². The van der Waals surface area contributed by atoms with Crippen molar-refractivity contribution in [2.75, 3.05) is 0 Å². The summed E-state index contributed by atoms with van der Waals surface area (Å²) in [6.45, 7) is 5.91. The van der Waals surface area contributed by atoms with Crippen LogP contribution in [0.3, 0.4) is 0 Å². The molecule has 0 N–H and O–H groups in total. The Bertz CT molecular complexity index is 655. The fourth-order valence-electron chi connectivity index (χ4n) is 1.85. The maximum Gasteiger partial charge on any atom is 0.194 e. The number of hydrogen-bond donors (Lipinski definition) is 0. The van der Waals surface area contributed by atoms with Gasteiger partial charge in [0.1, 0.15) is 11.4 Å². The van der Waals surface area contributed by atoms with Gasteiger partial charge in [0.25, 0.3) is 0 Å². The van der Waals surface area contributed by atoms with Gasteiger partial charge in [0, 0.05) is 16.1 Å². The van der Waals surface area contributed by atoms with Crippen LogP contribution in [0.1, 0.15) is 36.7 Å². The van der Waals surface area contributed by atoms with Crippen LogP contribution in [0, 0.1) is 0 Å². The Kier molecular flexibility index (Phi) is 4.60. The molecule has 0 amide bonds. The lowest BCUT2D eigenvalue weighted by molar-refractivity contribution is 0.103. The van der Waals surface area contributed by atoms with Crippen molar-refractivity contribution in [1.82, 2.24) is 0 Å². The van der Waals surface area contributed by atoms with Crippen molar-refractivity contribution in [2.45, 2.75) is 26.4 Å².